The first-order valence-electron chi connectivity index (χ1n) is 10.2. The van der Waals surface area contributed by atoms with Crippen LogP contribution < -0.4 is 10.0 Å². The van der Waals surface area contributed by atoms with Gasteiger partial charge in [0.05, 0.1) is 15.5 Å². The van der Waals surface area contributed by atoms with E-state index in [1.807, 2.05) is 19.0 Å². The molecule has 3 rings (SSSR count). The van der Waals surface area contributed by atoms with Crippen LogP contribution in [0, 0.1) is 0 Å². The molecule has 0 aliphatic heterocycles. The molecule has 0 fully saturated rings. The fraction of sp³-hybridized carbons (Fsp3) is 0.273. The number of nitrogens with zero attached hydrogens (tertiary/aromatic N) is 3. The van der Waals surface area contributed by atoms with Crippen molar-refractivity contribution in [1.82, 2.24) is 19.6 Å². The van der Waals surface area contributed by atoms with Gasteiger partial charge < -0.3 is 10.2 Å². The van der Waals surface area contributed by atoms with Crippen LogP contribution in [-0.4, -0.2) is 65.1 Å². The van der Waals surface area contributed by atoms with Crippen LogP contribution in [-0.2, 0) is 19.9 Å². The van der Waals surface area contributed by atoms with Crippen LogP contribution in [0.5, 0.6) is 0 Å². The van der Waals surface area contributed by atoms with E-state index >= 15 is 0 Å². The molecular weight excluding hydrogens is 462 g/mol. The molecule has 0 saturated heterocycles. The van der Waals surface area contributed by atoms with Crippen LogP contribution >= 0.6 is 0 Å². The van der Waals surface area contributed by atoms with Gasteiger partial charge in [-0.05, 0) is 69.5 Å². The van der Waals surface area contributed by atoms with Crippen LogP contribution in [0.3, 0.4) is 0 Å². The molecule has 33 heavy (non-hydrogen) atoms. The highest BCUT2D eigenvalue weighted by Crippen LogP contribution is 2.22. The van der Waals surface area contributed by atoms with Crippen LogP contribution in [0.2, 0.25) is 0 Å². The molecule has 2 aromatic carbocycles. The molecule has 3 aromatic rings. The van der Waals surface area contributed by atoms with Gasteiger partial charge in [0.15, 0.2) is 9.84 Å². The van der Waals surface area contributed by atoms with Gasteiger partial charge in [-0.25, -0.2) is 31.5 Å². The lowest BCUT2D eigenvalue weighted by Gasteiger charge is -2.11. The van der Waals surface area contributed by atoms with E-state index in [1.54, 1.807) is 36.5 Å². The molecule has 0 amide bonds. The maximum absolute atomic E-state index is 12.4. The minimum absolute atomic E-state index is 0.179. The first-order valence-corrected chi connectivity index (χ1v) is 13.6. The summed E-state index contributed by atoms with van der Waals surface area (Å²) < 4.78 is 50.7. The molecule has 0 atom stereocenters. The second-order valence-corrected chi connectivity index (χ2v) is 11.5. The molecule has 0 radical (unpaired) electrons. The summed E-state index contributed by atoms with van der Waals surface area (Å²) in [4.78, 5) is 11.1. The van der Waals surface area contributed by atoms with Crippen LogP contribution in [0.25, 0.3) is 11.3 Å². The van der Waals surface area contributed by atoms with Crippen LogP contribution in [0.1, 0.15) is 6.42 Å². The van der Waals surface area contributed by atoms with Crippen molar-refractivity contribution in [2.75, 3.05) is 38.8 Å². The SMILES string of the molecule is CN(C)CCCNS(=O)(=O)c1ccc(Nc2nccc(-c3ccc(S(C)(=O)=O)cc3)n2)cc1. The number of sulfone groups is 1. The summed E-state index contributed by atoms with van der Waals surface area (Å²) in [6.45, 7) is 1.17. The van der Waals surface area contributed by atoms with Crippen molar-refractivity contribution >= 4 is 31.5 Å². The number of hydrogen-bond acceptors (Lipinski definition) is 8. The number of anilines is 2. The topological polar surface area (TPSA) is 121 Å². The molecule has 9 nitrogen and oxygen atoms in total. The third-order valence-corrected chi connectivity index (χ3v) is 7.33. The van der Waals surface area contributed by atoms with E-state index in [0.29, 0.717) is 23.9 Å². The maximum Gasteiger partial charge on any atom is 0.240 e. The van der Waals surface area contributed by atoms with E-state index in [0.717, 1.165) is 24.8 Å². The summed E-state index contributed by atoms with van der Waals surface area (Å²) in [5.41, 5.74) is 1.99. The molecule has 1 aromatic heterocycles. The number of hydrogen-bond donors (Lipinski definition) is 2. The second-order valence-electron chi connectivity index (χ2n) is 7.77. The van der Waals surface area contributed by atoms with Crippen molar-refractivity contribution in [3.63, 3.8) is 0 Å². The Morgan fingerprint density at radius 2 is 1.52 bits per heavy atom. The molecule has 0 unspecified atom stereocenters. The summed E-state index contributed by atoms with van der Waals surface area (Å²) >= 11 is 0. The van der Waals surface area contributed by atoms with Gasteiger partial charge >= 0.3 is 0 Å². The van der Waals surface area contributed by atoms with E-state index in [2.05, 4.69) is 20.0 Å². The fourth-order valence-corrected chi connectivity index (χ4v) is 4.69. The molecule has 2 N–H and O–H groups in total. The Morgan fingerprint density at radius 1 is 0.879 bits per heavy atom. The zero-order valence-corrected chi connectivity index (χ0v) is 20.3. The molecular formula is C22H27N5O4S2. The van der Waals surface area contributed by atoms with E-state index in [4.69, 9.17) is 0 Å². The van der Waals surface area contributed by atoms with Crippen molar-refractivity contribution in [3.8, 4) is 11.3 Å². The van der Waals surface area contributed by atoms with Crippen LogP contribution in [0.15, 0.2) is 70.6 Å². The van der Waals surface area contributed by atoms with Crippen LogP contribution in [0.4, 0.5) is 11.6 Å². The van der Waals surface area contributed by atoms with E-state index in [9.17, 15) is 16.8 Å². The Hall–Kier alpha value is -2.86. The molecule has 176 valence electrons. The highest BCUT2D eigenvalue weighted by atomic mass is 32.2. The quantitative estimate of drug-likeness (QED) is 0.417. The Bertz CT molecular complexity index is 1290. The van der Waals surface area contributed by atoms with Gasteiger partial charge in [0.2, 0.25) is 16.0 Å². The summed E-state index contributed by atoms with van der Waals surface area (Å²) in [7, 11) is -2.97. The summed E-state index contributed by atoms with van der Waals surface area (Å²) in [6, 6.07) is 14.5. The monoisotopic (exact) mass is 489 g/mol. The molecule has 0 aliphatic carbocycles. The average molecular weight is 490 g/mol. The summed E-state index contributed by atoms with van der Waals surface area (Å²) in [5, 5.41) is 3.05. The maximum atomic E-state index is 12.4. The highest BCUT2D eigenvalue weighted by molar-refractivity contribution is 7.90. The Morgan fingerprint density at radius 3 is 2.12 bits per heavy atom. The van der Waals surface area contributed by atoms with Gasteiger partial charge in [0, 0.05) is 30.2 Å². The molecule has 0 saturated carbocycles. The Labute approximate surface area is 194 Å². The minimum atomic E-state index is -3.58. The summed E-state index contributed by atoms with van der Waals surface area (Å²) in [6.07, 6.45) is 3.47. The average Bonchev–Trinajstić information content (AvgIpc) is 2.77. The first kappa shape index (κ1) is 24.8. The smallest absolute Gasteiger partial charge is 0.240 e. The van der Waals surface area contributed by atoms with Gasteiger partial charge in [-0.1, -0.05) is 12.1 Å². The van der Waals surface area contributed by atoms with E-state index < -0.39 is 19.9 Å². The minimum Gasteiger partial charge on any atom is -0.324 e. The third-order valence-electron chi connectivity index (χ3n) is 4.73. The Kier molecular flexibility index (Phi) is 7.80. The van der Waals surface area contributed by atoms with Gasteiger partial charge in [0.1, 0.15) is 0 Å². The predicted molar refractivity (Wildman–Crippen MR) is 129 cm³/mol. The zero-order chi connectivity index (χ0) is 24.1. The molecule has 0 bridgehead atoms. The zero-order valence-electron chi connectivity index (χ0n) is 18.7. The fourth-order valence-electron chi connectivity index (χ4n) is 2.98. The lowest BCUT2D eigenvalue weighted by Crippen LogP contribution is -2.27. The van der Waals surface area contributed by atoms with Gasteiger partial charge in [-0.15, -0.1) is 0 Å². The molecule has 0 aliphatic rings. The number of aromatic nitrogens is 2. The lowest BCUT2D eigenvalue weighted by atomic mass is 10.1. The van der Waals surface area contributed by atoms with Gasteiger partial charge in [0.25, 0.3) is 0 Å². The molecule has 1 heterocycles. The van der Waals surface area contributed by atoms with Crippen molar-refractivity contribution in [2.45, 2.75) is 16.2 Å². The second kappa shape index (κ2) is 10.4. The highest BCUT2D eigenvalue weighted by Gasteiger charge is 2.13. The standard InChI is InChI=1S/C22H27N5O4S2/c1-27(2)16-4-14-24-33(30,31)20-11-7-18(8-12-20)25-22-23-15-13-21(26-22)17-5-9-19(10-6-17)32(3,28)29/h5-13,15,24H,4,14,16H2,1-3H3,(H,23,25,26). The Balaban J connectivity index is 1.68. The van der Waals surface area contributed by atoms with Crippen molar-refractivity contribution in [1.29, 1.82) is 0 Å². The number of rotatable bonds is 10. The number of benzene rings is 2. The van der Waals surface area contributed by atoms with E-state index in [1.165, 1.54) is 24.3 Å². The molecule has 0 spiro atoms. The first-order chi connectivity index (χ1) is 15.5. The van der Waals surface area contributed by atoms with Gasteiger partial charge in [-0.2, -0.15) is 0 Å². The third kappa shape index (κ3) is 7.06. The largest absolute Gasteiger partial charge is 0.324 e. The van der Waals surface area contributed by atoms with Crippen molar-refractivity contribution < 1.29 is 16.8 Å². The van der Waals surface area contributed by atoms with E-state index in [-0.39, 0.29) is 9.79 Å². The summed E-state index contributed by atoms with van der Waals surface area (Å²) in [5.74, 6) is 0.331. The number of sulfonamides is 1. The van der Waals surface area contributed by atoms with Crippen molar-refractivity contribution in [2.24, 2.45) is 0 Å². The predicted octanol–water partition coefficient (Wildman–Crippen LogP) is 2.52. The van der Waals surface area contributed by atoms with Crippen molar-refractivity contribution in [3.05, 3.63) is 60.8 Å². The lowest BCUT2D eigenvalue weighted by molar-refractivity contribution is 0.400. The van der Waals surface area contributed by atoms with Gasteiger partial charge in [-0.3, -0.25) is 0 Å². The normalized spacial score (nSPS) is 12.1. The molecule has 11 heteroatoms. The number of nitrogens with one attached hydrogen (secondary N) is 2.